The fraction of sp³-hybridized carbons (Fsp3) is 0.542. The molecule has 2 fully saturated rings. The SMILES string of the molecule is C[C@]12CCC3C(CC=C4C[C@@H](O)CC[C@@]43C)C1=CC=C2c1cccnc1. The van der Waals surface area contributed by atoms with Crippen LogP contribution in [0.1, 0.15) is 57.9 Å². The highest BCUT2D eigenvalue weighted by atomic mass is 16.3. The molecule has 0 aliphatic heterocycles. The average Bonchev–Trinajstić information content (AvgIpc) is 3.00. The minimum Gasteiger partial charge on any atom is -0.393 e. The summed E-state index contributed by atoms with van der Waals surface area (Å²) in [6.45, 7) is 4.93. The second-order valence-electron chi connectivity index (χ2n) is 9.31. The highest BCUT2D eigenvalue weighted by Gasteiger charge is 2.54. The molecule has 0 amide bonds. The Bertz CT molecular complexity index is 820. The van der Waals surface area contributed by atoms with Gasteiger partial charge in [-0.1, -0.05) is 49.3 Å². The average molecular weight is 348 g/mol. The Labute approximate surface area is 156 Å². The van der Waals surface area contributed by atoms with E-state index in [1.807, 2.05) is 18.5 Å². The molecule has 4 aliphatic rings. The summed E-state index contributed by atoms with van der Waals surface area (Å²) in [7, 11) is 0. The fourth-order valence-electron chi connectivity index (χ4n) is 6.59. The number of aromatic nitrogens is 1. The van der Waals surface area contributed by atoms with Gasteiger partial charge < -0.3 is 5.11 Å². The van der Waals surface area contributed by atoms with Gasteiger partial charge in [0.15, 0.2) is 0 Å². The summed E-state index contributed by atoms with van der Waals surface area (Å²) in [5.41, 5.74) is 6.38. The van der Waals surface area contributed by atoms with Crippen LogP contribution in [0.3, 0.4) is 0 Å². The van der Waals surface area contributed by atoms with E-state index in [4.69, 9.17) is 0 Å². The van der Waals surface area contributed by atoms with Crippen LogP contribution in [-0.4, -0.2) is 16.2 Å². The Balaban J connectivity index is 1.50. The third-order valence-electron chi connectivity index (χ3n) is 8.10. The van der Waals surface area contributed by atoms with E-state index >= 15 is 0 Å². The van der Waals surface area contributed by atoms with Crippen LogP contribution >= 0.6 is 0 Å². The normalized spacial score (nSPS) is 41.3. The molecule has 5 rings (SSSR count). The standard InChI is InChI=1S/C24H29NO/c1-23-11-9-18(26)14-17(23)5-6-19-21-8-7-20(16-4-3-13-25-15-16)24(21,2)12-10-22(19)23/h3-5,7-8,13,15,18-19,22,26H,6,9-12,14H2,1-2H3/t18-,19?,22?,23-,24+/m0/s1. The largest absolute Gasteiger partial charge is 0.393 e. The molecule has 0 spiro atoms. The molecule has 2 saturated carbocycles. The van der Waals surface area contributed by atoms with Crippen molar-refractivity contribution >= 4 is 5.57 Å². The first-order valence-corrected chi connectivity index (χ1v) is 10.2. The highest BCUT2D eigenvalue weighted by Crippen LogP contribution is 2.64. The van der Waals surface area contributed by atoms with Gasteiger partial charge in [0.25, 0.3) is 0 Å². The number of pyridine rings is 1. The van der Waals surface area contributed by atoms with Crippen LogP contribution in [0.15, 0.2) is 53.9 Å². The van der Waals surface area contributed by atoms with E-state index in [0.717, 1.165) is 31.6 Å². The molecule has 2 unspecified atom stereocenters. The second kappa shape index (κ2) is 5.66. The lowest BCUT2D eigenvalue weighted by molar-refractivity contribution is 0.0369. The number of aliphatic hydroxyl groups excluding tert-OH is 1. The minimum atomic E-state index is -0.121. The van der Waals surface area contributed by atoms with E-state index in [2.05, 4.69) is 43.1 Å². The van der Waals surface area contributed by atoms with E-state index in [1.165, 1.54) is 24.0 Å². The summed E-state index contributed by atoms with van der Waals surface area (Å²) >= 11 is 0. The molecular weight excluding hydrogens is 318 g/mol. The summed E-state index contributed by atoms with van der Waals surface area (Å²) in [5, 5.41) is 10.1. The molecule has 0 bridgehead atoms. The van der Waals surface area contributed by atoms with Crippen LogP contribution in [0.4, 0.5) is 0 Å². The molecule has 1 aromatic heterocycles. The Morgan fingerprint density at radius 1 is 1.15 bits per heavy atom. The molecule has 1 N–H and O–H groups in total. The van der Waals surface area contributed by atoms with Gasteiger partial charge in [0.2, 0.25) is 0 Å². The summed E-state index contributed by atoms with van der Waals surface area (Å²) in [4.78, 5) is 4.35. The van der Waals surface area contributed by atoms with Crippen molar-refractivity contribution in [1.29, 1.82) is 0 Å². The minimum absolute atomic E-state index is 0.121. The zero-order valence-electron chi connectivity index (χ0n) is 15.9. The van der Waals surface area contributed by atoms with Crippen molar-refractivity contribution in [2.45, 2.75) is 58.5 Å². The Morgan fingerprint density at radius 2 is 2.04 bits per heavy atom. The summed E-state index contributed by atoms with van der Waals surface area (Å²) in [6.07, 6.45) is 17.7. The molecule has 5 atom stereocenters. The third kappa shape index (κ3) is 2.18. The van der Waals surface area contributed by atoms with Gasteiger partial charge in [-0.3, -0.25) is 4.98 Å². The molecule has 0 saturated heterocycles. The zero-order valence-corrected chi connectivity index (χ0v) is 15.9. The molecule has 2 nitrogen and oxygen atoms in total. The van der Waals surface area contributed by atoms with Crippen molar-refractivity contribution in [2.75, 3.05) is 0 Å². The van der Waals surface area contributed by atoms with Crippen molar-refractivity contribution in [3.63, 3.8) is 0 Å². The van der Waals surface area contributed by atoms with Crippen molar-refractivity contribution < 1.29 is 5.11 Å². The fourth-order valence-corrected chi connectivity index (χ4v) is 6.59. The predicted molar refractivity (Wildman–Crippen MR) is 105 cm³/mol. The van der Waals surface area contributed by atoms with Crippen LogP contribution in [0.25, 0.3) is 5.57 Å². The number of hydrogen-bond acceptors (Lipinski definition) is 2. The summed E-state index contributed by atoms with van der Waals surface area (Å²) in [5.74, 6) is 1.39. The van der Waals surface area contributed by atoms with E-state index in [0.29, 0.717) is 11.3 Å². The molecule has 2 heteroatoms. The Kier molecular flexibility index (Phi) is 3.59. The maximum Gasteiger partial charge on any atom is 0.0577 e. The maximum atomic E-state index is 10.1. The molecule has 4 aliphatic carbocycles. The number of aliphatic hydroxyl groups is 1. The quantitative estimate of drug-likeness (QED) is 0.698. The van der Waals surface area contributed by atoms with Crippen molar-refractivity contribution in [1.82, 2.24) is 4.98 Å². The Morgan fingerprint density at radius 3 is 2.85 bits per heavy atom. The maximum absolute atomic E-state index is 10.1. The van der Waals surface area contributed by atoms with Gasteiger partial charge in [-0.05, 0) is 73.0 Å². The van der Waals surface area contributed by atoms with Gasteiger partial charge in [-0.25, -0.2) is 0 Å². The van der Waals surface area contributed by atoms with Crippen LogP contribution < -0.4 is 0 Å². The van der Waals surface area contributed by atoms with E-state index in [-0.39, 0.29) is 11.5 Å². The predicted octanol–water partition coefficient (Wildman–Crippen LogP) is 5.32. The monoisotopic (exact) mass is 347 g/mol. The van der Waals surface area contributed by atoms with Gasteiger partial charge in [0.05, 0.1) is 6.10 Å². The number of allylic oxidation sites excluding steroid dienone is 5. The van der Waals surface area contributed by atoms with Crippen molar-refractivity contribution in [3.05, 3.63) is 59.5 Å². The van der Waals surface area contributed by atoms with Gasteiger partial charge in [0, 0.05) is 17.8 Å². The van der Waals surface area contributed by atoms with Crippen LogP contribution in [0.5, 0.6) is 0 Å². The lowest BCUT2D eigenvalue weighted by Gasteiger charge is -2.56. The van der Waals surface area contributed by atoms with Crippen LogP contribution in [0.2, 0.25) is 0 Å². The summed E-state index contributed by atoms with van der Waals surface area (Å²) < 4.78 is 0. The first kappa shape index (κ1) is 16.5. The van der Waals surface area contributed by atoms with Gasteiger partial charge in [-0.2, -0.15) is 0 Å². The lowest BCUT2D eigenvalue weighted by Crippen LogP contribution is -2.47. The number of nitrogens with zero attached hydrogens (tertiary/aromatic N) is 1. The van der Waals surface area contributed by atoms with Crippen molar-refractivity contribution in [2.24, 2.45) is 22.7 Å². The molecule has 26 heavy (non-hydrogen) atoms. The zero-order chi connectivity index (χ0) is 17.9. The van der Waals surface area contributed by atoms with E-state index < -0.39 is 0 Å². The topological polar surface area (TPSA) is 33.1 Å². The van der Waals surface area contributed by atoms with Crippen molar-refractivity contribution in [3.8, 4) is 0 Å². The second-order valence-corrected chi connectivity index (χ2v) is 9.31. The first-order valence-electron chi connectivity index (χ1n) is 10.2. The molecule has 0 aromatic carbocycles. The molecule has 1 aromatic rings. The molecule has 1 heterocycles. The van der Waals surface area contributed by atoms with Crippen LogP contribution in [0, 0.1) is 22.7 Å². The molecule has 136 valence electrons. The molecule has 0 radical (unpaired) electrons. The Hall–Kier alpha value is -1.67. The number of rotatable bonds is 1. The lowest BCUT2D eigenvalue weighted by atomic mass is 9.49. The van der Waals surface area contributed by atoms with Gasteiger partial charge in [-0.15, -0.1) is 0 Å². The first-order chi connectivity index (χ1) is 12.5. The van der Waals surface area contributed by atoms with Gasteiger partial charge in [0.1, 0.15) is 0 Å². The van der Waals surface area contributed by atoms with E-state index in [9.17, 15) is 5.11 Å². The molecular formula is C24H29NO. The van der Waals surface area contributed by atoms with Crippen LogP contribution in [-0.2, 0) is 0 Å². The smallest absolute Gasteiger partial charge is 0.0577 e. The number of fused-ring (bicyclic) bond motifs is 5. The number of hydrogen-bond donors (Lipinski definition) is 1. The summed E-state index contributed by atoms with van der Waals surface area (Å²) in [6, 6.07) is 4.25. The van der Waals surface area contributed by atoms with E-state index in [1.54, 1.807) is 11.1 Å². The van der Waals surface area contributed by atoms with Gasteiger partial charge >= 0.3 is 0 Å². The third-order valence-corrected chi connectivity index (χ3v) is 8.10. The highest BCUT2D eigenvalue weighted by molar-refractivity contribution is 5.78.